The molecule has 0 fully saturated rings. The van der Waals surface area contributed by atoms with Gasteiger partial charge in [-0.15, -0.1) is 0 Å². The SMILES string of the molecule is CC(NS(=O)(=O)c1cccc(C(=O)Nc2cc([N+](=O)[O-])ccc2F)c1)c1ccccc1. The van der Waals surface area contributed by atoms with Gasteiger partial charge in [0.05, 0.1) is 15.5 Å². The molecule has 1 unspecified atom stereocenters. The fourth-order valence-corrected chi connectivity index (χ4v) is 4.11. The van der Waals surface area contributed by atoms with E-state index >= 15 is 0 Å². The summed E-state index contributed by atoms with van der Waals surface area (Å²) in [6.45, 7) is 1.69. The fraction of sp³-hybridized carbons (Fsp3) is 0.0952. The van der Waals surface area contributed by atoms with E-state index in [4.69, 9.17) is 0 Å². The maximum Gasteiger partial charge on any atom is 0.271 e. The van der Waals surface area contributed by atoms with Crippen LogP contribution >= 0.6 is 0 Å². The first-order valence-electron chi connectivity index (χ1n) is 9.10. The number of halogens is 1. The van der Waals surface area contributed by atoms with Crippen molar-refractivity contribution in [3.8, 4) is 0 Å². The van der Waals surface area contributed by atoms with Crippen LogP contribution < -0.4 is 10.0 Å². The van der Waals surface area contributed by atoms with Crippen molar-refractivity contribution in [3.63, 3.8) is 0 Å². The predicted octanol–water partition coefficient (Wildman–Crippen LogP) is 4.03. The van der Waals surface area contributed by atoms with Crippen molar-refractivity contribution in [1.29, 1.82) is 0 Å². The Morgan fingerprint density at radius 1 is 1.03 bits per heavy atom. The summed E-state index contributed by atoms with van der Waals surface area (Å²) < 4.78 is 42.0. The van der Waals surface area contributed by atoms with Crippen molar-refractivity contribution >= 4 is 27.3 Å². The number of carbonyl (C=O) groups excluding carboxylic acids is 1. The van der Waals surface area contributed by atoms with E-state index in [2.05, 4.69) is 10.0 Å². The Hall–Kier alpha value is -3.63. The molecule has 3 aromatic carbocycles. The molecule has 2 N–H and O–H groups in total. The largest absolute Gasteiger partial charge is 0.319 e. The van der Waals surface area contributed by atoms with Crippen molar-refractivity contribution in [2.45, 2.75) is 17.9 Å². The van der Waals surface area contributed by atoms with Crippen LogP contribution in [0.4, 0.5) is 15.8 Å². The third-order valence-corrected chi connectivity index (χ3v) is 5.99. The normalized spacial score (nSPS) is 12.2. The van der Waals surface area contributed by atoms with E-state index < -0.39 is 38.4 Å². The summed E-state index contributed by atoms with van der Waals surface area (Å²) in [4.78, 5) is 22.5. The Morgan fingerprint density at radius 3 is 2.42 bits per heavy atom. The Balaban J connectivity index is 1.82. The summed E-state index contributed by atoms with van der Waals surface area (Å²) >= 11 is 0. The first kappa shape index (κ1) is 22.1. The van der Waals surface area contributed by atoms with Gasteiger partial charge in [0.25, 0.3) is 11.6 Å². The highest BCUT2D eigenvalue weighted by atomic mass is 32.2. The molecule has 0 aliphatic carbocycles. The van der Waals surface area contributed by atoms with Crippen LogP contribution in [0, 0.1) is 15.9 Å². The number of nitro benzene ring substituents is 1. The number of amides is 1. The molecule has 31 heavy (non-hydrogen) atoms. The number of nitrogens with one attached hydrogen (secondary N) is 2. The molecule has 0 aliphatic heterocycles. The lowest BCUT2D eigenvalue weighted by atomic mass is 10.1. The number of rotatable bonds is 7. The van der Waals surface area contributed by atoms with E-state index in [1.54, 1.807) is 31.2 Å². The lowest BCUT2D eigenvalue weighted by molar-refractivity contribution is -0.384. The monoisotopic (exact) mass is 443 g/mol. The van der Waals surface area contributed by atoms with Crippen LogP contribution in [-0.4, -0.2) is 19.2 Å². The van der Waals surface area contributed by atoms with Crippen molar-refractivity contribution < 1.29 is 22.5 Å². The second-order valence-electron chi connectivity index (χ2n) is 6.66. The second-order valence-corrected chi connectivity index (χ2v) is 8.37. The smallest absolute Gasteiger partial charge is 0.271 e. The van der Waals surface area contributed by atoms with Crippen LogP contribution in [0.25, 0.3) is 0 Å². The molecule has 0 heterocycles. The average Bonchev–Trinajstić information content (AvgIpc) is 2.75. The summed E-state index contributed by atoms with van der Waals surface area (Å²) in [5, 5.41) is 13.1. The Kier molecular flexibility index (Phi) is 6.42. The van der Waals surface area contributed by atoms with Crippen molar-refractivity contribution in [1.82, 2.24) is 4.72 Å². The van der Waals surface area contributed by atoms with Crippen LogP contribution in [0.15, 0.2) is 77.7 Å². The predicted molar refractivity (Wildman–Crippen MR) is 113 cm³/mol. The molecule has 0 aromatic heterocycles. The number of nitrogens with zero attached hydrogens (tertiary/aromatic N) is 1. The van der Waals surface area contributed by atoms with E-state index in [1.165, 1.54) is 18.2 Å². The number of nitro groups is 1. The zero-order valence-electron chi connectivity index (χ0n) is 16.3. The van der Waals surface area contributed by atoms with Crippen LogP contribution in [0.3, 0.4) is 0 Å². The zero-order valence-corrected chi connectivity index (χ0v) is 17.1. The molecule has 160 valence electrons. The van der Waals surface area contributed by atoms with Crippen LogP contribution in [-0.2, 0) is 10.0 Å². The summed E-state index contributed by atoms with van der Waals surface area (Å²) in [6.07, 6.45) is 0. The molecule has 8 nitrogen and oxygen atoms in total. The lowest BCUT2D eigenvalue weighted by Gasteiger charge is -2.15. The molecule has 1 amide bonds. The van der Waals surface area contributed by atoms with Gasteiger partial charge in [0, 0.05) is 23.7 Å². The minimum Gasteiger partial charge on any atom is -0.319 e. The molecule has 0 saturated carbocycles. The fourth-order valence-electron chi connectivity index (χ4n) is 2.83. The number of hydrogen-bond acceptors (Lipinski definition) is 5. The summed E-state index contributed by atoms with van der Waals surface area (Å²) in [7, 11) is -3.96. The van der Waals surface area contributed by atoms with E-state index in [1.807, 2.05) is 6.07 Å². The van der Waals surface area contributed by atoms with Gasteiger partial charge in [0.1, 0.15) is 5.82 Å². The van der Waals surface area contributed by atoms with Gasteiger partial charge in [0.15, 0.2) is 0 Å². The Bertz CT molecular complexity index is 1230. The summed E-state index contributed by atoms with van der Waals surface area (Å²) in [5.41, 5.74) is -0.0716. The molecule has 0 spiro atoms. The third-order valence-electron chi connectivity index (χ3n) is 4.45. The summed E-state index contributed by atoms with van der Waals surface area (Å²) in [5.74, 6) is -1.67. The number of sulfonamides is 1. The molecule has 0 saturated heterocycles. The molecular formula is C21H18FN3O5S. The van der Waals surface area contributed by atoms with E-state index in [0.717, 1.165) is 29.8 Å². The topological polar surface area (TPSA) is 118 Å². The standard InChI is InChI=1S/C21H18FN3O5S/c1-14(15-6-3-2-4-7-15)24-31(29,30)18-9-5-8-16(12-18)21(26)23-20-13-17(25(27)28)10-11-19(20)22/h2-14,24H,1H3,(H,23,26). The van der Waals surface area contributed by atoms with Crippen LogP contribution in [0.5, 0.6) is 0 Å². The molecule has 0 radical (unpaired) electrons. The van der Waals surface area contributed by atoms with Crippen LogP contribution in [0.2, 0.25) is 0 Å². The van der Waals surface area contributed by atoms with Gasteiger partial charge in [0.2, 0.25) is 10.0 Å². The van der Waals surface area contributed by atoms with Crippen LogP contribution in [0.1, 0.15) is 28.9 Å². The highest BCUT2D eigenvalue weighted by Gasteiger charge is 2.20. The molecule has 1 atom stereocenters. The molecule has 10 heteroatoms. The Morgan fingerprint density at radius 2 is 1.74 bits per heavy atom. The van der Waals surface area contributed by atoms with Crippen molar-refractivity contribution in [2.24, 2.45) is 0 Å². The van der Waals surface area contributed by atoms with Gasteiger partial charge in [-0.1, -0.05) is 36.4 Å². The van der Waals surface area contributed by atoms with Gasteiger partial charge < -0.3 is 5.32 Å². The molecule has 0 aliphatic rings. The van der Waals surface area contributed by atoms with E-state index in [9.17, 15) is 27.7 Å². The first-order valence-corrected chi connectivity index (χ1v) is 10.6. The maximum atomic E-state index is 13.9. The quantitative estimate of drug-likeness (QED) is 0.422. The van der Waals surface area contributed by atoms with Gasteiger partial charge in [-0.25, -0.2) is 17.5 Å². The molecule has 0 bridgehead atoms. The number of benzene rings is 3. The molecule has 3 aromatic rings. The van der Waals surface area contributed by atoms with E-state index in [0.29, 0.717) is 0 Å². The maximum absolute atomic E-state index is 13.9. The number of non-ortho nitro benzene ring substituents is 1. The second kappa shape index (κ2) is 9.02. The van der Waals surface area contributed by atoms with Gasteiger partial charge in [-0.2, -0.15) is 0 Å². The Labute approximate surface area is 177 Å². The first-order chi connectivity index (χ1) is 14.7. The summed E-state index contributed by atoms with van der Waals surface area (Å²) in [6, 6.07) is 16.4. The molecule has 3 rings (SSSR count). The van der Waals surface area contributed by atoms with E-state index in [-0.39, 0.29) is 16.1 Å². The number of hydrogen-bond donors (Lipinski definition) is 2. The molecular weight excluding hydrogens is 425 g/mol. The lowest BCUT2D eigenvalue weighted by Crippen LogP contribution is -2.27. The highest BCUT2D eigenvalue weighted by molar-refractivity contribution is 7.89. The van der Waals surface area contributed by atoms with Crippen molar-refractivity contribution in [2.75, 3.05) is 5.32 Å². The minimum atomic E-state index is -3.96. The van der Waals surface area contributed by atoms with Crippen molar-refractivity contribution in [3.05, 3.63) is 99.9 Å². The highest BCUT2D eigenvalue weighted by Crippen LogP contribution is 2.23. The number of carbonyl (C=O) groups is 1. The third kappa shape index (κ3) is 5.30. The van der Waals surface area contributed by atoms with Gasteiger partial charge in [-0.3, -0.25) is 14.9 Å². The average molecular weight is 443 g/mol. The van der Waals surface area contributed by atoms with Gasteiger partial charge in [-0.05, 0) is 36.8 Å². The zero-order chi connectivity index (χ0) is 22.6. The minimum absolute atomic E-state index is 0.0545. The van der Waals surface area contributed by atoms with Gasteiger partial charge >= 0.3 is 0 Å². The number of anilines is 1.